The summed E-state index contributed by atoms with van der Waals surface area (Å²) >= 11 is 5.73. The largest absolute Gasteiger partial charge is 0.419 e. The van der Waals surface area contributed by atoms with E-state index in [2.05, 4.69) is 15.5 Å². The van der Waals surface area contributed by atoms with Crippen LogP contribution in [-0.2, 0) is 6.54 Å². The Labute approximate surface area is 131 Å². The summed E-state index contributed by atoms with van der Waals surface area (Å²) in [4.78, 5) is 0. The van der Waals surface area contributed by atoms with Gasteiger partial charge in [0.2, 0.25) is 11.8 Å². The Kier molecular flexibility index (Phi) is 4.06. The molecule has 3 rings (SSSR count). The van der Waals surface area contributed by atoms with Gasteiger partial charge in [0.05, 0.1) is 11.6 Å². The molecule has 4 nitrogen and oxygen atoms in total. The van der Waals surface area contributed by atoms with Crippen molar-refractivity contribution in [2.75, 3.05) is 5.32 Å². The van der Waals surface area contributed by atoms with Crippen LogP contribution in [0.4, 0.5) is 10.1 Å². The van der Waals surface area contributed by atoms with Crippen LogP contribution in [0, 0.1) is 12.7 Å². The standard InChI is InChI=1S/C16H13ClFN3O/c1-10-3-2-4-11(7-10)16-21-20-15(22-16)9-19-12-5-6-14(18)13(17)8-12/h2-8,19H,9H2,1H3. The zero-order valence-electron chi connectivity index (χ0n) is 11.8. The first-order chi connectivity index (χ1) is 10.6. The summed E-state index contributed by atoms with van der Waals surface area (Å²) in [6, 6.07) is 12.2. The molecule has 0 radical (unpaired) electrons. The van der Waals surface area contributed by atoms with E-state index in [9.17, 15) is 4.39 Å². The van der Waals surface area contributed by atoms with Crippen molar-refractivity contribution in [1.82, 2.24) is 10.2 Å². The van der Waals surface area contributed by atoms with E-state index in [0.717, 1.165) is 11.1 Å². The third-order valence-corrected chi connectivity index (χ3v) is 3.38. The number of anilines is 1. The zero-order chi connectivity index (χ0) is 15.5. The average Bonchev–Trinajstić information content (AvgIpc) is 2.97. The second-order valence-electron chi connectivity index (χ2n) is 4.85. The van der Waals surface area contributed by atoms with Crippen LogP contribution >= 0.6 is 11.6 Å². The van der Waals surface area contributed by atoms with Crippen molar-refractivity contribution < 1.29 is 8.81 Å². The first kappa shape index (κ1) is 14.5. The van der Waals surface area contributed by atoms with Crippen molar-refractivity contribution in [2.24, 2.45) is 0 Å². The minimum absolute atomic E-state index is 0.0657. The molecule has 0 fully saturated rings. The number of aryl methyl sites for hydroxylation is 1. The summed E-state index contributed by atoms with van der Waals surface area (Å²) in [6.45, 7) is 2.33. The van der Waals surface area contributed by atoms with Gasteiger partial charge in [0, 0.05) is 11.3 Å². The predicted molar refractivity (Wildman–Crippen MR) is 83.2 cm³/mol. The maximum Gasteiger partial charge on any atom is 0.247 e. The van der Waals surface area contributed by atoms with E-state index in [4.69, 9.17) is 16.0 Å². The lowest BCUT2D eigenvalue weighted by atomic mass is 10.1. The first-order valence-corrected chi connectivity index (χ1v) is 7.08. The molecule has 1 aromatic heterocycles. The molecule has 0 amide bonds. The van der Waals surface area contributed by atoms with Gasteiger partial charge in [-0.1, -0.05) is 29.3 Å². The molecule has 1 N–H and O–H groups in total. The van der Waals surface area contributed by atoms with Crippen molar-refractivity contribution in [1.29, 1.82) is 0 Å². The van der Waals surface area contributed by atoms with Crippen LogP contribution in [0.15, 0.2) is 46.9 Å². The van der Waals surface area contributed by atoms with Crippen LogP contribution in [0.2, 0.25) is 5.02 Å². The van der Waals surface area contributed by atoms with Crippen LogP contribution in [-0.4, -0.2) is 10.2 Å². The van der Waals surface area contributed by atoms with Crippen LogP contribution in [0.1, 0.15) is 11.5 Å². The normalized spacial score (nSPS) is 10.7. The molecular weight excluding hydrogens is 305 g/mol. The number of halogens is 2. The number of rotatable bonds is 4. The third kappa shape index (κ3) is 3.26. The Morgan fingerprint density at radius 1 is 1.18 bits per heavy atom. The molecule has 0 aliphatic carbocycles. The second kappa shape index (κ2) is 6.15. The van der Waals surface area contributed by atoms with Gasteiger partial charge < -0.3 is 9.73 Å². The second-order valence-corrected chi connectivity index (χ2v) is 5.26. The molecule has 3 aromatic rings. The Bertz CT molecular complexity index is 804. The molecule has 112 valence electrons. The quantitative estimate of drug-likeness (QED) is 0.772. The fraction of sp³-hybridized carbons (Fsp3) is 0.125. The Morgan fingerprint density at radius 2 is 2.05 bits per heavy atom. The highest BCUT2D eigenvalue weighted by atomic mass is 35.5. The minimum atomic E-state index is -0.452. The van der Waals surface area contributed by atoms with Gasteiger partial charge in [0.1, 0.15) is 5.82 Å². The molecule has 22 heavy (non-hydrogen) atoms. The van der Waals surface area contributed by atoms with Gasteiger partial charge in [-0.2, -0.15) is 0 Å². The molecule has 0 atom stereocenters. The van der Waals surface area contributed by atoms with Crippen molar-refractivity contribution in [3.8, 4) is 11.5 Å². The first-order valence-electron chi connectivity index (χ1n) is 6.70. The highest BCUT2D eigenvalue weighted by molar-refractivity contribution is 6.31. The molecule has 6 heteroatoms. The molecule has 0 aliphatic heterocycles. The number of nitrogens with one attached hydrogen (secondary N) is 1. The van der Waals surface area contributed by atoms with E-state index in [1.807, 2.05) is 31.2 Å². The predicted octanol–water partition coefficient (Wildman–Crippen LogP) is 4.45. The van der Waals surface area contributed by atoms with Gasteiger partial charge >= 0.3 is 0 Å². The zero-order valence-corrected chi connectivity index (χ0v) is 12.6. The van der Waals surface area contributed by atoms with Crippen molar-refractivity contribution in [3.63, 3.8) is 0 Å². The topological polar surface area (TPSA) is 51.0 Å². The molecule has 0 bridgehead atoms. The summed E-state index contributed by atoms with van der Waals surface area (Å²) in [5, 5.41) is 11.1. The van der Waals surface area contributed by atoms with E-state index in [0.29, 0.717) is 24.0 Å². The van der Waals surface area contributed by atoms with Gasteiger partial charge in [-0.25, -0.2) is 4.39 Å². The van der Waals surface area contributed by atoms with Crippen molar-refractivity contribution in [2.45, 2.75) is 13.5 Å². The summed E-state index contributed by atoms with van der Waals surface area (Å²) in [5.41, 5.74) is 2.68. The SMILES string of the molecule is Cc1cccc(-c2nnc(CNc3ccc(F)c(Cl)c3)o2)c1. The lowest BCUT2D eigenvalue weighted by Gasteiger charge is -2.04. The summed E-state index contributed by atoms with van der Waals surface area (Å²) in [5.74, 6) is 0.460. The smallest absolute Gasteiger partial charge is 0.247 e. The Hall–Kier alpha value is -2.40. The van der Waals surface area contributed by atoms with Crippen LogP contribution in [0.3, 0.4) is 0 Å². The monoisotopic (exact) mass is 317 g/mol. The third-order valence-electron chi connectivity index (χ3n) is 3.10. The van der Waals surface area contributed by atoms with Crippen molar-refractivity contribution in [3.05, 3.63) is 64.8 Å². The van der Waals surface area contributed by atoms with Gasteiger partial charge in [-0.3, -0.25) is 0 Å². The maximum atomic E-state index is 13.1. The lowest BCUT2D eigenvalue weighted by molar-refractivity contribution is 0.515. The van der Waals surface area contributed by atoms with Gasteiger partial charge in [0.15, 0.2) is 0 Å². The summed E-state index contributed by atoms with van der Waals surface area (Å²) in [6.07, 6.45) is 0. The number of hydrogen-bond acceptors (Lipinski definition) is 4. The number of nitrogens with zero attached hydrogens (tertiary/aromatic N) is 2. The Balaban J connectivity index is 1.70. The molecule has 1 heterocycles. The number of benzene rings is 2. The van der Waals surface area contributed by atoms with E-state index in [-0.39, 0.29) is 5.02 Å². The molecule has 0 saturated carbocycles. The minimum Gasteiger partial charge on any atom is -0.419 e. The highest BCUT2D eigenvalue weighted by Crippen LogP contribution is 2.21. The van der Waals surface area contributed by atoms with Crippen LogP contribution in [0.5, 0.6) is 0 Å². The van der Waals surface area contributed by atoms with E-state index < -0.39 is 5.82 Å². The summed E-state index contributed by atoms with van der Waals surface area (Å²) < 4.78 is 18.7. The van der Waals surface area contributed by atoms with Gasteiger partial charge in [0.25, 0.3) is 0 Å². The molecule has 0 aliphatic rings. The van der Waals surface area contributed by atoms with Gasteiger partial charge in [-0.05, 0) is 37.3 Å². The molecule has 0 spiro atoms. The average molecular weight is 318 g/mol. The lowest BCUT2D eigenvalue weighted by Crippen LogP contribution is -1.99. The molecule has 0 unspecified atom stereocenters. The number of hydrogen-bond donors (Lipinski definition) is 1. The fourth-order valence-electron chi connectivity index (χ4n) is 2.00. The molecular formula is C16H13ClFN3O. The van der Waals surface area contributed by atoms with Crippen LogP contribution < -0.4 is 5.32 Å². The fourth-order valence-corrected chi connectivity index (χ4v) is 2.18. The van der Waals surface area contributed by atoms with E-state index in [1.165, 1.54) is 12.1 Å². The summed E-state index contributed by atoms with van der Waals surface area (Å²) in [7, 11) is 0. The highest BCUT2D eigenvalue weighted by Gasteiger charge is 2.09. The van der Waals surface area contributed by atoms with E-state index >= 15 is 0 Å². The van der Waals surface area contributed by atoms with Gasteiger partial charge in [-0.15, -0.1) is 10.2 Å². The van der Waals surface area contributed by atoms with E-state index in [1.54, 1.807) is 6.07 Å². The maximum absolute atomic E-state index is 13.1. The number of aromatic nitrogens is 2. The molecule has 0 saturated heterocycles. The molecule has 2 aromatic carbocycles. The Morgan fingerprint density at radius 3 is 2.82 bits per heavy atom. The van der Waals surface area contributed by atoms with Crippen LogP contribution in [0.25, 0.3) is 11.5 Å². The van der Waals surface area contributed by atoms with Crippen molar-refractivity contribution >= 4 is 17.3 Å².